The van der Waals surface area contributed by atoms with E-state index in [4.69, 9.17) is 11.6 Å². The average molecular weight is 330 g/mol. The van der Waals surface area contributed by atoms with Crippen LogP contribution >= 0.6 is 11.6 Å². The van der Waals surface area contributed by atoms with Gasteiger partial charge in [0, 0.05) is 0 Å². The van der Waals surface area contributed by atoms with Crippen LogP contribution in [0, 0.1) is 0 Å². The maximum absolute atomic E-state index is 12.6. The predicted octanol–water partition coefficient (Wildman–Crippen LogP) is 4.68. The molecule has 11 heteroatoms. The molecule has 0 saturated heterocycles. The topological polar surface area (TPSA) is 22.1 Å². The molecule has 1 aromatic heterocycles. The SMILES string of the molecule is FC(F)c1cc(C(F)(F)F)nc(CCl)c1OC(F)(F)F. The van der Waals surface area contributed by atoms with Crippen LogP contribution in [0.4, 0.5) is 35.1 Å². The summed E-state index contributed by atoms with van der Waals surface area (Å²) in [4.78, 5) is 2.77. The normalized spacial score (nSPS) is 12.9. The Balaban J connectivity index is 3.49. The lowest BCUT2D eigenvalue weighted by Crippen LogP contribution is -2.21. The first-order chi connectivity index (χ1) is 8.95. The second-order valence-electron chi connectivity index (χ2n) is 3.35. The molecular weight excluding hydrogens is 326 g/mol. The minimum atomic E-state index is -5.37. The van der Waals surface area contributed by atoms with E-state index in [9.17, 15) is 35.1 Å². The molecule has 0 N–H and O–H groups in total. The van der Waals surface area contributed by atoms with Gasteiger partial charge in [-0.3, -0.25) is 0 Å². The summed E-state index contributed by atoms with van der Waals surface area (Å²) in [6.07, 6.45) is -14.1. The van der Waals surface area contributed by atoms with Gasteiger partial charge in [-0.15, -0.1) is 24.8 Å². The van der Waals surface area contributed by atoms with Crippen molar-refractivity contribution >= 4 is 11.6 Å². The van der Waals surface area contributed by atoms with E-state index in [0.29, 0.717) is 0 Å². The van der Waals surface area contributed by atoms with Gasteiger partial charge in [-0.25, -0.2) is 13.8 Å². The van der Waals surface area contributed by atoms with Gasteiger partial charge in [0.25, 0.3) is 6.43 Å². The van der Waals surface area contributed by atoms with Crippen LogP contribution in [0.5, 0.6) is 5.75 Å². The number of aromatic nitrogens is 1. The number of hydrogen-bond donors (Lipinski definition) is 0. The van der Waals surface area contributed by atoms with Crippen molar-refractivity contribution in [3.8, 4) is 5.75 Å². The summed E-state index contributed by atoms with van der Waals surface area (Å²) >= 11 is 5.14. The highest BCUT2D eigenvalue weighted by Crippen LogP contribution is 2.39. The smallest absolute Gasteiger partial charge is 0.403 e. The standard InChI is InChI=1S/C9H4ClF8NO/c10-2-4-6(20-9(16,17)18)3(7(11)12)1-5(19-4)8(13,14)15/h1,7H,2H2. The lowest BCUT2D eigenvalue weighted by Gasteiger charge is -2.17. The van der Waals surface area contributed by atoms with Crippen molar-refractivity contribution in [3.05, 3.63) is 23.0 Å². The van der Waals surface area contributed by atoms with Crippen LogP contribution in [-0.4, -0.2) is 11.3 Å². The quantitative estimate of drug-likeness (QED) is 0.593. The van der Waals surface area contributed by atoms with Gasteiger partial charge in [-0.05, 0) is 6.07 Å². The highest BCUT2D eigenvalue weighted by Gasteiger charge is 2.39. The van der Waals surface area contributed by atoms with Gasteiger partial charge in [0.1, 0.15) is 5.69 Å². The molecule has 0 unspecified atom stereocenters. The third-order valence-corrected chi connectivity index (χ3v) is 2.19. The van der Waals surface area contributed by atoms with Crippen LogP contribution in [0.2, 0.25) is 0 Å². The van der Waals surface area contributed by atoms with Gasteiger partial charge in [0.15, 0.2) is 5.75 Å². The molecule has 0 amide bonds. The number of halogens is 9. The fraction of sp³-hybridized carbons (Fsp3) is 0.444. The van der Waals surface area contributed by atoms with Crippen molar-refractivity contribution in [3.63, 3.8) is 0 Å². The van der Waals surface area contributed by atoms with Crippen LogP contribution in [0.25, 0.3) is 0 Å². The largest absolute Gasteiger partial charge is 0.573 e. The molecule has 0 bridgehead atoms. The number of nitrogens with zero attached hydrogens (tertiary/aromatic N) is 1. The highest BCUT2D eigenvalue weighted by atomic mass is 35.5. The molecule has 1 aromatic rings. The molecule has 0 atom stereocenters. The van der Waals surface area contributed by atoms with Crippen molar-refractivity contribution in [2.45, 2.75) is 24.8 Å². The molecule has 1 heterocycles. The van der Waals surface area contributed by atoms with E-state index in [1.807, 2.05) is 0 Å². The summed E-state index contributed by atoms with van der Waals surface area (Å²) in [5, 5.41) is 0. The summed E-state index contributed by atoms with van der Waals surface area (Å²) in [5.41, 5.74) is -4.44. The molecular formula is C9H4ClF8NO. The zero-order valence-electron chi connectivity index (χ0n) is 9.12. The molecule has 2 nitrogen and oxygen atoms in total. The predicted molar refractivity (Wildman–Crippen MR) is 50.4 cm³/mol. The van der Waals surface area contributed by atoms with Crippen LogP contribution in [-0.2, 0) is 12.1 Å². The Kier molecular flexibility index (Phi) is 4.67. The second kappa shape index (κ2) is 5.58. The van der Waals surface area contributed by atoms with Gasteiger partial charge in [-0.2, -0.15) is 13.2 Å². The molecule has 0 aliphatic heterocycles. The zero-order valence-corrected chi connectivity index (χ0v) is 9.87. The minimum absolute atomic E-state index is 0.207. The Morgan fingerprint density at radius 2 is 1.70 bits per heavy atom. The zero-order chi connectivity index (χ0) is 15.7. The molecule has 0 fully saturated rings. The summed E-state index contributed by atoms with van der Waals surface area (Å²) in [7, 11) is 0. The van der Waals surface area contributed by atoms with Crippen LogP contribution in [0.1, 0.15) is 23.4 Å². The lowest BCUT2D eigenvalue weighted by atomic mass is 10.1. The molecule has 0 radical (unpaired) electrons. The lowest BCUT2D eigenvalue weighted by molar-refractivity contribution is -0.275. The molecule has 114 valence electrons. The van der Waals surface area contributed by atoms with E-state index in [2.05, 4.69) is 9.72 Å². The number of rotatable bonds is 3. The van der Waals surface area contributed by atoms with Gasteiger partial charge < -0.3 is 4.74 Å². The van der Waals surface area contributed by atoms with Crippen LogP contribution in [0.15, 0.2) is 6.07 Å². The molecule has 0 aliphatic rings. The minimum Gasteiger partial charge on any atom is -0.403 e. The van der Waals surface area contributed by atoms with Gasteiger partial charge >= 0.3 is 12.5 Å². The van der Waals surface area contributed by atoms with Crippen LogP contribution < -0.4 is 4.74 Å². The second-order valence-corrected chi connectivity index (χ2v) is 3.62. The molecule has 0 aromatic carbocycles. The Bertz CT molecular complexity index is 484. The monoisotopic (exact) mass is 329 g/mol. The van der Waals surface area contributed by atoms with E-state index in [1.165, 1.54) is 0 Å². The molecule has 20 heavy (non-hydrogen) atoms. The summed E-state index contributed by atoms with van der Waals surface area (Å²) in [5.74, 6) is -2.48. The Morgan fingerprint density at radius 3 is 2.05 bits per heavy atom. The van der Waals surface area contributed by atoms with Gasteiger partial charge in [0.2, 0.25) is 0 Å². The number of hydrogen-bond acceptors (Lipinski definition) is 2. The molecule has 1 rings (SSSR count). The first-order valence-corrected chi connectivity index (χ1v) is 5.20. The first-order valence-electron chi connectivity index (χ1n) is 4.66. The van der Waals surface area contributed by atoms with Crippen molar-refractivity contribution in [2.75, 3.05) is 0 Å². The maximum Gasteiger partial charge on any atom is 0.573 e. The first kappa shape index (κ1) is 16.7. The van der Waals surface area contributed by atoms with Crippen molar-refractivity contribution in [1.29, 1.82) is 0 Å². The van der Waals surface area contributed by atoms with Gasteiger partial charge in [-0.1, -0.05) is 0 Å². The van der Waals surface area contributed by atoms with Crippen LogP contribution in [0.3, 0.4) is 0 Å². The number of alkyl halides is 9. The van der Waals surface area contributed by atoms with Crippen molar-refractivity contribution in [2.24, 2.45) is 0 Å². The fourth-order valence-corrected chi connectivity index (χ4v) is 1.42. The molecule has 0 spiro atoms. The van der Waals surface area contributed by atoms with E-state index in [0.717, 1.165) is 0 Å². The molecule has 0 saturated carbocycles. The Hall–Kier alpha value is -1.32. The van der Waals surface area contributed by atoms with Crippen molar-refractivity contribution < 1.29 is 39.9 Å². The maximum atomic E-state index is 12.6. The van der Waals surface area contributed by atoms with E-state index >= 15 is 0 Å². The number of ether oxygens (including phenoxy) is 1. The summed E-state index contributed by atoms with van der Waals surface area (Å²) in [6.45, 7) is 0. The van der Waals surface area contributed by atoms with E-state index < -0.39 is 47.5 Å². The third-order valence-electron chi connectivity index (χ3n) is 1.94. The summed E-state index contributed by atoms with van der Waals surface area (Å²) in [6, 6.07) is -0.207. The summed E-state index contributed by atoms with van der Waals surface area (Å²) < 4.78 is 102. The fourth-order valence-electron chi connectivity index (χ4n) is 1.24. The number of pyridine rings is 1. The van der Waals surface area contributed by atoms with Gasteiger partial charge in [0.05, 0.1) is 17.1 Å². The Morgan fingerprint density at radius 1 is 1.15 bits per heavy atom. The van der Waals surface area contributed by atoms with Crippen molar-refractivity contribution in [1.82, 2.24) is 4.98 Å². The van der Waals surface area contributed by atoms with E-state index in [1.54, 1.807) is 0 Å². The third kappa shape index (κ3) is 4.09. The molecule has 0 aliphatic carbocycles. The Labute approximate surface area is 111 Å². The average Bonchev–Trinajstić information content (AvgIpc) is 2.25. The highest BCUT2D eigenvalue weighted by molar-refractivity contribution is 6.17. The van der Waals surface area contributed by atoms with E-state index in [-0.39, 0.29) is 6.07 Å².